The second kappa shape index (κ2) is 8.40. The average molecular weight is 437 g/mol. The van der Waals surface area contributed by atoms with E-state index in [0.29, 0.717) is 6.42 Å². The summed E-state index contributed by atoms with van der Waals surface area (Å²) in [5, 5.41) is 3.98. The molecule has 31 heavy (non-hydrogen) atoms. The SMILES string of the molecule is CC(C)CC1(c2ccccc2)NC(=O)N(CN(C)C(C)c2nc3ccccc3s2)C1=O. The number of amides is 3. The van der Waals surface area contributed by atoms with Crippen molar-refractivity contribution in [3.63, 3.8) is 0 Å². The highest BCUT2D eigenvalue weighted by Crippen LogP contribution is 2.36. The van der Waals surface area contributed by atoms with E-state index in [0.717, 1.165) is 20.8 Å². The van der Waals surface area contributed by atoms with Gasteiger partial charge in [0.25, 0.3) is 5.91 Å². The van der Waals surface area contributed by atoms with Gasteiger partial charge in [-0.15, -0.1) is 11.3 Å². The molecule has 0 radical (unpaired) electrons. The number of thiazole rings is 1. The molecule has 0 aliphatic carbocycles. The Kier molecular flexibility index (Phi) is 5.81. The molecule has 0 bridgehead atoms. The number of fused-ring (bicyclic) bond motifs is 1. The highest BCUT2D eigenvalue weighted by molar-refractivity contribution is 7.18. The van der Waals surface area contributed by atoms with E-state index in [4.69, 9.17) is 4.98 Å². The summed E-state index contributed by atoms with van der Waals surface area (Å²) in [5.41, 5.74) is 0.774. The van der Waals surface area contributed by atoms with Gasteiger partial charge in [0, 0.05) is 0 Å². The van der Waals surface area contributed by atoms with Crippen LogP contribution in [-0.4, -0.2) is 40.4 Å². The largest absolute Gasteiger partial charge is 0.326 e. The number of benzene rings is 2. The lowest BCUT2D eigenvalue weighted by Crippen LogP contribution is -2.46. The Morgan fingerprint density at radius 2 is 1.74 bits per heavy atom. The molecule has 6 nitrogen and oxygen atoms in total. The summed E-state index contributed by atoms with van der Waals surface area (Å²) in [7, 11) is 1.92. The van der Waals surface area contributed by atoms with Crippen LogP contribution >= 0.6 is 11.3 Å². The second-order valence-corrected chi connectivity index (χ2v) is 9.69. The van der Waals surface area contributed by atoms with Gasteiger partial charge >= 0.3 is 6.03 Å². The van der Waals surface area contributed by atoms with Crippen LogP contribution in [0.4, 0.5) is 4.79 Å². The molecule has 2 atom stereocenters. The Labute approximate surface area is 186 Å². The van der Waals surface area contributed by atoms with Crippen LogP contribution in [0.15, 0.2) is 54.6 Å². The average Bonchev–Trinajstić information content (AvgIpc) is 3.29. The molecular weight excluding hydrogens is 408 g/mol. The third kappa shape index (κ3) is 3.95. The minimum absolute atomic E-state index is 0.0326. The molecule has 0 spiro atoms. The monoisotopic (exact) mass is 436 g/mol. The quantitative estimate of drug-likeness (QED) is 0.543. The summed E-state index contributed by atoms with van der Waals surface area (Å²) >= 11 is 1.64. The van der Waals surface area contributed by atoms with Crippen LogP contribution in [0.2, 0.25) is 0 Å². The molecule has 0 saturated carbocycles. The molecule has 1 N–H and O–H groups in total. The van der Waals surface area contributed by atoms with Gasteiger partial charge in [0.2, 0.25) is 0 Å². The van der Waals surface area contributed by atoms with Crippen molar-refractivity contribution in [3.8, 4) is 0 Å². The molecule has 2 unspecified atom stereocenters. The van der Waals surface area contributed by atoms with E-state index in [9.17, 15) is 9.59 Å². The standard InChI is InChI=1S/C24H28N4O2S/c1-16(2)14-24(18-10-6-5-7-11-18)22(29)28(23(30)26-24)15-27(4)17(3)21-25-19-12-8-9-13-20(19)31-21/h5-13,16-17H,14-15H2,1-4H3,(H,26,30). The third-order valence-electron chi connectivity index (χ3n) is 5.85. The summed E-state index contributed by atoms with van der Waals surface area (Å²) < 4.78 is 1.13. The minimum Gasteiger partial charge on any atom is -0.319 e. The summed E-state index contributed by atoms with van der Waals surface area (Å²) in [6, 6.07) is 17.2. The van der Waals surface area contributed by atoms with E-state index >= 15 is 0 Å². The van der Waals surface area contributed by atoms with E-state index in [1.54, 1.807) is 11.3 Å². The summed E-state index contributed by atoms with van der Waals surface area (Å²) in [6.45, 7) is 6.38. The molecule has 7 heteroatoms. The fraction of sp³-hybridized carbons (Fsp3) is 0.375. The van der Waals surface area contributed by atoms with E-state index in [1.165, 1.54) is 4.90 Å². The predicted molar refractivity (Wildman–Crippen MR) is 124 cm³/mol. The molecule has 1 aromatic heterocycles. The van der Waals surface area contributed by atoms with E-state index in [1.807, 2.05) is 60.5 Å². The van der Waals surface area contributed by atoms with Gasteiger partial charge in [-0.1, -0.05) is 56.3 Å². The molecule has 1 aliphatic rings. The van der Waals surface area contributed by atoms with Crippen molar-refractivity contribution in [1.29, 1.82) is 0 Å². The number of rotatable bonds is 7. The molecule has 2 heterocycles. The number of nitrogens with zero attached hydrogens (tertiary/aromatic N) is 3. The highest BCUT2D eigenvalue weighted by atomic mass is 32.1. The maximum absolute atomic E-state index is 13.6. The number of urea groups is 1. The maximum atomic E-state index is 13.6. The normalized spacial score (nSPS) is 20.1. The van der Waals surface area contributed by atoms with Gasteiger partial charge in [-0.05, 0) is 44.0 Å². The van der Waals surface area contributed by atoms with Gasteiger partial charge in [0.15, 0.2) is 0 Å². The van der Waals surface area contributed by atoms with Crippen molar-refractivity contribution >= 4 is 33.5 Å². The molecule has 2 aromatic carbocycles. The first-order valence-electron chi connectivity index (χ1n) is 10.6. The van der Waals surface area contributed by atoms with Crippen LogP contribution < -0.4 is 5.32 Å². The number of carbonyl (C=O) groups is 2. The van der Waals surface area contributed by atoms with Crippen LogP contribution in [0.25, 0.3) is 10.2 Å². The topological polar surface area (TPSA) is 65.5 Å². The minimum atomic E-state index is -1.02. The zero-order valence-electron chi connectivity index (χ0n) is 18.3. The Morgan fingerprint density at radius 3 is 2.42 bits per heavy atom. The van der Waals surface area contributed by atoms with Crippen LogP contribution in [0.5, 0.6) is 0 Å². The van der Waals surface area contributed by atoms with Gasteiger partial charge in [-0.3, -0.25) is 9.69 Å². The van der Waals surface area contributed by atoms with E-state index < -0.39 is 5.54 Å². The van der Waals surface area contributed by atoms with Crippen molar-refractivity contribution in [3.05, 3.63) is 65.2 Å². The van der Waals surface area contributed by atoms with E-state index in [-0.39, 0.29) is 30.6 Å². The zero-order chi connectivity index (χ0) is 22.2. The lowest BCUT2D eigenvalue weighted by atomic mass is 9.82. The fourth-order valence-corrected chi connectivity index (χ4v) is 5.23. The first-order chi connectivity index (χ1) is 14.8. The van der Waals surface area contributed by atoms with Crippen molar-refractivity contribution in [2.45, 2.75) is 38.8 Å². The van der Waals surface area contributed by atoms with Crippen LogP contribution in [0.1, 0.15) is 43.8 Å². The number of aromatic nitrogens is 1. The van der Waals surface area contributed by atoms with Crippen LogP contribution in [0, 0.1) is 5.92 Å². The van der Waals surface area contributed by atoms with Crippen molar-refractivity contribution in [1.82, 2.24) is 20.1 Å². The lowest BCUT2D eigenvalue weighted by Gasteiger charge is -2.30. The Morgan fingerprint density at radius 1 is 1.06 bits per heavy atom. The highest BCUT2D eigenvalue weighted by Gasteiger charge is 2.52. The number of para-hydroxylation sites is 1. The summed E-state index contributed by atoms with van der Waals surface area (Å²) in [4.78, 5) is 34.6. The van der Waals surface area contributed by atoms with Crippen molar-refractivity contribution in [2.24, 2.45) is 5.92 Å². The van der Waals surface area contributed by atoms with Gasteiger partial charge in [-0.25, -0.2) is 14.7 Å². The maximum Gasteiger partial charge on any atom is 0.326 e. The Balaban J connectivity index is 1.57. The second-order valence-electron chi connectivity index (χ2n) is 8.63. The summed E-state index contributed by atoms with van der Waals surface area (Å²) in [6.07, 6.45) is 0.551. The summed E-state index contributed by atoms with van der Waals surface area (Å²) in [5.74, 6) is 0.0459. The Hall–Kier alpha value is -2.77. The molecule has 4 rings (SSSR count). The number of hydrogen-bond donors (Lipinski definition) is 1. The van der Waals surface area contributed by atoms with Crippen molar-refractivity contribution < 1.29 is 9.59 Å². The number of hydrogen-bond acceptors (Lipinski definition) is 5. The number of imide groups is 1. The molecular formula is C24H28N4O2S. The molecule has 3 aromatic rings. The first-order valence-corrected chi connectivity index (χ1v) is 11.4. The van der Waals surface area contributed by atoms with Gasteiger partial charge < -0.3 is 5.32 Å². The van der Waals surface area contributed by atoms with Crippen molar-refractivity contribution in [2.75, 3.05) is 13.7 Å². The molecule has 1 aliphatic heterocycles. The Bertz CT molecular complexity index is 1060. The van der Waals surface area contributed by atoms with Gasteiger partial charge in [0.1, 0.15) is 10.5 Å². The molecule has 162 valence electrons. The predicted octanol–water partition coefficient (Wildman–Crippen LogP) is 4.74. The lowest BCUT2D eigenvalue weighted by molar-refractivity contribution is -0.133. The molecule has 1 fully saturated rings. The number of nitrogens with one attached hydrogen (secondary N) is 1. The third-order valence-corrected chi connectivity index (χ3v) is 7.06. The molecule has 3 amide bonds. The number of carbonyl (C=O) groups excluding carboxylic acids is 2. The van der Waals surface area contributed by atoms with E-state index in [2.05, 4.69) is 32.2 Å². The zero-order valence-corrected chi connectivity index (χ0v) is 19.1. The van der Waals surface area contributed by atoms with Crippen LogP contribution in [-0.2, 0) is 10.3 Å². The molecule has 1 saturated heterocycles. The first kappa shape index (κ1) is 21.5. The fourth-order valence-electron chi connectivity index (χ4n) is 4.14. The van der Waals surface area contributed by atoms with Gasteiger partial charge in [-0.2, -0.15) is 0 Å². The van der Waals surface area contributed by atoms with Gasteiger partial charge in [0.05, 0.1) is 22.9 Å². The van der Waals surface area contributed by atoms with Crippen LogP contribution in [0.3, 0.4) is 0 Å². The smallest absolute Gasteiger partial charge is 0.319 e.